The summed E-state index contributed by atoms with van der Waals surface area (Å²) in [6.07, 6.45) is 5.54. The van der Waals surface area contributed by atoms with Crippen LogP contribution in [0, 0.1) is 0 Å². The Labute approximate surface area is 119 Å². The van der Waals surface area contributed by atoms with Gasteiger partial charge in [0.2, 0.25) is 5.91 Å². The highest BCUT2D eigenvalue weighted by atomic mass is 16.2. The average Bonchev–Trinajstić information content (AvgIpc) is 2.71. The fourth-order valence-electron chi connectivity index (χ4n) is 2.81. The van der Waals surface area contributed by atoms with Crippen LogP contribution < -0.4 is 5.73 Å². The lowest BCUT2D eigenvalue weighted by Gasteiger charge is -2.29. The molecule has 0 bridgehead atoms. The van der Waals surface area contributed by atoms with E-state index in [4.69, 9.17) is 5.73 Å². The number of nitrogens with two attached hydrogens (primary N) is 1. The number of likely N-dealkylation sites (tertiary alicyclic amines) is 1. The normalized spacial score (nSPS) is 19.4. The molecule has 1 aliphatic rings. The van der Waals surface area contributed by atoms with Crippen molar-refractivity contribution in [2.75, 3.05) is 6.54 Å². The first-order chi connectivity index (χ1) is 9.63. The molecule has 4 nitrogen and oxygen atoms in total. The van der Waals surface area contributed by atoms with Gasteiger partial charge < -0.3 is 10.6 Å². The smallest absolute Gasteiger partial charge is 0.254 e. The Bertz CT molecular complexity index is 482. The van der Waals surface area contributed by atoms with E-state index in [2.05, 4.69) is 6.92 Å². The Balaban J connectivity index is 2.17. The van der Waals surface area contributed by atoms with E-state index in [1.807, 2.05) is 4.90 Å². The molecule has 2 N–H and O–H groups in total. The standard InChI is InChI=1S/C16H22N2O2/c1-2-14-6-4-3-5-11-18(14)16(20)13-9-7-12(8-10-13)15(17)19/h7-10,14H,2-6,11H2,1H3,(H2,17,19). The fraction of sp³-hybridized carbons (Fsp3) is 0.500. The first kappa shape index (κ1) is 14.6. The van der Waals surface area contributed by atoms with Gasteiger partial charge in [-0.2, -0.15) is 0 Å². The lowest BCUT2D eigenvalue weighted by molar-refractivity contribution is 0.0678. The minimum atomic E-state index is -0.467. The quantitative estimate of drug-likeness (QED) is 0.920. The van der Waals surface area contributed by atoms with Gasteiger partial charge >= 0.3 is 0 Å². The molecule has 0 saturated carbocycles. The van der Waals surface area contributed by atoms with E-state index in [0.717, 1.165) is 25.8 Å². The number of carbonyl (C=O) groups is 2. The van der Waals surface area contributed by atoms with Crippen LogP contribution in [0.2, 0.25) is 0 Å². The molecule has 1 atom stereocenters. The van der Waals surface area contributed by atoms with Gasteiger partial charge in [-0.25, -0.2) is 0 Å². The molecule has 1 heterocycles. The van der Waals surface area contributed by atoms with Crippen molar-refractivity contribution in [2.45, 2.75) is 45.1 Å². The van der Waals surface area contributed by atoms with Crippen molar-refractivity contribution in [1.29, 1.82) is 0 Å². The molecule has 2 rings (SSSR count). The lowest BCUT2D eigenvalue weighted by Crippen LogP contribution is -2.39. The third-order valence-electron chi connectivity index (χ3n) is 4.03. The average molecular weight is 274 g/mol. The third-order valence-corrected chi connectivity index (χ3v) is 4.03. The first-order valence-corrected chi connectivity index (χ1v) is 7.34. The fourth-order valence-corrected chi connectivity index (χ4v) is 2.81. The molecular formula is C16H22N2O2. The second-order valence-electron chi connectivity index (χ2n) is 5.35. The molecule has 1 saturated heterocycles. The Morgan fingerprint density at radius 3 is 2.40 bits per heavy atom. The van der Waals surface area contributed by atoms with Crippen molar-refractivity contribution in [3.05, 3.63) is 35.4 Å². The zero-order valence-corrected chi connectivity index (χ0v) is 12.0. The van der Waals surface area contributed by atoms with Crippen molar-refractivity contribution in [2.24, 2.45) is 5.73 Å². The molecule has 0 aliphatic carbocycles. The summed E-state index contributed by atoms with van der Waals surface area (Å²) in [5.41, 5.74) is 6.28. The summed E-state index contributed by atoms with van der Waals surface area (Å²) in [6.45, 7) is 2.96. The summed E-state index contributed by atoms with van der Waals surface area (Å²) < 4.78 is 0. The van der Waals surface area contributed by atoms with Crippen LogP contribution in [-0.2, 0) is 0 Å². The second-order valence-corrected chi connectivity index (χ2v) is 5.35. The molecule has 108 valence electrons. The van der Waals surface area contributed by atoms with Crippen LogP contribution in [0.3, 0.4) is 0 Å². The highest BCUT2D eigenvalue weighted by molar-refractivity contribution is 5.97. The van der Waals surface area contributed by atoms with Crippen LogP contribution in [0.25, 0.3) is 0 Å². The Kier molecular flexibility index (Phi) is 4.77. The third kappa shape index (κ3) is 3.18. The number of amides is 2. The largest absolute Gasteiger partial charge is 0.366 e. The zero-order chi connectivity index (χ0) is 14.5. The first-order valence-electron chi connectivity index (χ1n) is 7.34. The molecule has 1 unspecified atom stereocenters. The van der Waals surface area contributed by atoms with E-state index in [1.54, 1.807) is 24.3 Å². The van der Waals surface area contributed by atoms with Crippen LogP contribution in [0.5, 0.6) is 0 Å². The topological polar surface area (TPSA) is 63.4 Å². The van der Waals surface area contributed by atoms with E-state index in [-0.39, 0.29) is 5.91 Å². The maximum Gasteiger partial charge on any atom is 0.254 e. The molecule has 1 aromatic carbocycles. The predicted octanol–water partition coefficient (Wildman–Crippen LogP) is 2.58. The van der Waals surface area contributed by atoms with Crippen LogP contribution in [0.1, 0.15) is 59.7 Å². The van der Waals surface area contributed by atoms with Crippen LogP contribution >= 0.6 is 0 Å². The van der Waals surface area contributed by atoms with Crippen molar-refractivity contribution >= 4 is 11.8 Å². The van der Waals surface area contributed by atoms with Gasteiger partial charge in [-0.15, -0.1) is 0 Å². The van der Waals surface area contributed by atoms with E-state index < -0.39 is 5.91 Å². The van der Waals surface area contributed by atoms with Gasteiger partial charge in [0.1, 0.15) is 0 Å². The van der Waals surface area contributed by atoms with Gasteiger partial charge in [-0.05, 0) is 43.5 Å². The maximum absolute atomic E-state index is 12.6. The molecular weight excluding hydrogens is 252 g/mol. The van der Waals surface area contributed by atoms with Crippen molar-refractivity contribution in [1.82, 2.24) is 4.90 Å². The maximum atomic E-state index is 12.6. The number of primary amides is 1. The van der Waals surface area contributed by atoms with Crippen molar-refractivity contribution in [3.63, 3.8) is 0 Å². The Morgan fingerprint density at radius 2 is 1.80 bits per heavy atom. The molecule has 1 fully saturated rings. The molecule has 1 aromatic rings. The van der Waals surface area contributed by atoms with Crippen LogP contribution in [0.15, 0.2) is 24.3 Å². The van der Waals surface area contributed by atoms with Gasteiger partial charge in [0.05, 0.1) is 0 Å². The second kappa shape index (κ2) is 6.55. The monoisotopic (exact) mass is 274 g/mol. The summed E-state index contributed by atoms with van der Waals surface area (Å²) >= 11 is 0. The van der Waals surface area contributed by atoms with Crippen molar-refractivity contribution in [3.8, 4) is 0 Å². The van der Waals surface area contributed by atoms with E-state index in [0.29, 0.717) is 17.2 Å². The molecule has 4 heteroatoms. The molecule has 0 radical (unpaired) electrons. The number of nitrogens with zero attached hydrogens (tertiary/aromatic N) is 1. The SMILES string of the molecule is CCC1CCCCCN1C(=O)c1ccc(C(N)=O)cc1. The highest BCUT2D eigenvalue weighted by Crippen LogP contribution is 2.21. The molecule has 0 aromatic heterocycles. The van der Waals surface area contributed by atoms with Gasteiger partial charge in [-0.3, -0.25) is 9.59 Å². The van der Waals surface area contributed by atoms with Crippen LogP contribution in [0.4, 0.5) is 0 Å². The molecule has 0 spiro atoms. The van der Waals surface area contributed by atoms with Crippen LogP contribution in [-0.4, -0.2) is 29.3 Å². The predicted molar refractivity (Wildman–Crippen MR) is 78.5 cm³/mol. The van der Waals surface area contributed by atoms with Gasteiger partial charge in [0.25, 0.3) is 5.91 Å². The Morgan fingerprint density at radius 1 is 1.15 bits per heavy atom. The minimum absolute atomic E-state index is 0.0646. The summed E-state index contributed by atoms with van der Waals surface area (Å²) in [4.78, 5) is 25.7. The molecule has 2 amide bonds. The molecule has 1 aliphatic heterocycles. The summed E-state index contributed by atoms with van der Waals surface area (Å²) in [5.74, 6) is -0.403. The summed E-state index contributed by atoms with van der Waals surface area (Å²) in [5, 5.41) is 0. The molecule has 20 heavy (non-hydrogen) atoms. The lowest BCUT2D eigenvalue weighted by atomic mass is 10.1. The summed E-state index contributed by atoms with van der Waals surface area (Å²) in [7, 11) is 0. The van der Waals surface area contributed by atoms with Crippen molar-refractivity contribution < 1.29 is 9.59 Å². The number of benzene rings is 1. The number of hydrogen-bond donors (Lipinski definition) is 1. The number of hydrogen-bond acceptors (Lipinski definition) is 2. The highest BCUT2D eigenvalue weighted by Gasteiger charge is 2.24. The summed E-state index contributed by atoms with van der Waals surface area (Å²) in [6, 6.07) is 6.96. The van der Waals surface area contributed by atoms with E-state index in [1.165, 1.54) is 12.8 Å². The van der Waals surface area contributed by atoms with Gasteiger partial charge in [0.15, 0.2) is 0 Å². The Hall–Kier alpha value is -1.84. The minimum Gasteiger partial charge on any atom is -0.366 e. The van der Waals surface area contributed by atoms with Gasteiger partial charge in [0, 0.05) is 23.7 Å². The van der Waals surface area contributed by atoms with E-state index >= 15 is 0 Å². The number of rotatable bonds is 3. The van der Waals surface area contributed by atoms with Gasteiger partial charge in [-0.1, -0.05) is 19.8 Å². The van der Waals surface area contributed by atoms with E-state index in [9.17, 15) is 9.59 Å². The zero-order valence-electron chi connectivity index (χ0n) is 12.0. The number of carbonyl (C=O) groups excluding carboxylic acids is 2.